The van der Waals surface area contributed by atoms with Crippen molar-refractivity contribution in [2.45, 2.75) is 26.7 Å². The highest BCUT2D eigenvalue weighted by Crippen LogP contribution is 2.22. The lowest BCUT2D eigenvalue weighted by Gasteiger charge is -2.30. The SMILES string of the molecule is CCS(=O)(=O)N1CCC(C(=O)Nc2nocc2C)CC1. The summed E-state index contributed by atoms with van der Waals surface area (Å²) in [6.45, 7) is 4.21. The van der Waals surface area contributed by atoms with Crippen molar-refractivity contribution < 1.29 is 17.7 Å². The van der Waals surface area contributed by atoms with Crippen molar-refractivity contribution in [2.75, 3.05) is 24.2 Å². The molecular formula is C12H19N3O4S. The molecule has 0 aromatic carbocycles. The van der Waals surface area contributed by atoms with Crippen LogP contribution in [0.2, 0.25) is 0 Å². The Morgan fingerprint density at radius 3 is 2.65 bits per heavy atom. The molecule has 0 bridgehead atoms. The molecule has 0 unspecified atom stereocenters. The average molecular weight is 301 g/mol. The molecule has 1 fully saturated rings. The maximum atomic E-state index is 12.1. The Morgan fingerprint density at radius 1 is 1.50 bits per heavy atom. The number of hydrogen-bond acceptors (Lipinski definition) is 5. The first-order chi connectivity index (χ1) is 9.44. The lowest BCUT2D eigenvalue weighted by Crippen LogP contribution is -2.42. The zero-order valence-electron chi connectivity index (χ0n) is 11.6. The molecule has 0 spiro atoms. The quantitative estimate of drug-likeness (QED) is 0.895. The number of carbonyl (C=O) groups excluding carboxylic acids is 1. The molecule has 1 aromatic rings. The number of anilines is 1. The van der Waals surface area contributed by atoms with Gasteiger partial charge >= 0.3 is 0 Å². The van der Waals surface area contributed by atoms with E-state index in [1.807, 2.05) is 0 Å². The van der Waals surface area contributed by atoms with Gasteiger partial charge in [-0.05, 0) is 26.7 Å². The fourth-order valence-corrected chi connectivity index (χ4v) is 3.34. The molecular weight excluding hydrogens is 282 g/mol. The van der Waals surface area contributed by atoms with E-state index in [1.54, 1.807) is 13.8 Å². The first-order valence-electron chi connectivity index (χ1n) is 6.63. The van der Waals surface area contributed by atoms with E-state index in [1.165, 1.54) is 10.6 Å². The Bertz CT molecular complexity index is 573. The highest BCUT2D eigenvalue weighted by Gasteiger charge is 2.30. The highest BCUT2D eigenvalue weighted by atomic mass is 32.2. The predicted octanol–water partition coefficient (Wildman–Crippen LogP) is 0.983. The number of nitrogens with one attached hydrogen (secondary N) is 1. The predicted molar refractivity (Wildman–Crippen MR) is 73.6 cm³/mol. The molecule has 1 N–H and O–H groups in total. The number of piperidine rings is 1. The van der Waals surface area contributed by atoms with E-state index >= 15 is 0 Å². The second-order valence-corrected chi connectivity index (χ2v) is 7.17. The van der Waals surface area contributed by atoms with Gasteiger partial charge in [0.2, 0.25) is 15.9 Å². The third-order valence-corrected chi connectivity index (χ3v) is 5.45. The largest absolute Gasteiger partial charge is 0.362 e. The van der Waals surface area contributed by atoms with Crippen LogP contribution in [-0.4, -0.2) is 42.6 Å². The van der Waals surface area contributed by atoms with Gasteiger partial charge < -0.3 is 9.84 Å². The summed E-state index contributed by atoms with van der Waals surface area (Å²) in [4.78, 5) is 12.1. The Hall–Kier alpha value is -1.41. The maximum absolute atomic E-state index is 12.1. The molecule has 0 radical (unpaired) electrons. The van der Waals surface area contributed by atoms with Crippen molar-refractivity contribution in [3.05, 3.63) is 11.8 Å². The van der Waals surface area contributed by atoms with Gasteiger partial charge in [-0.25, -0.2) is 12.7 Å². The number of carbonyl (C=O) groups is 1. The van der Waals surface area contributed by atoms with Gasteiger partial charge in [-0.15, -0.1) is 0 Å². The fraction of sp³-hybridized carbons (Fsp3) is 0.667. The molecule has 2 heterocycles. The first-order valence-corrected chi connectivity index (χ1v) is 8.24. The standard InChI is InChI=1S/C12H19N3O4S/c1-3-20(17,18)15-6-4-10(5-7-15)12(16)13-11-9(2)8-19-14-11/h8,10H,3-7H2,1-2H3,(H,13,14,16). The van der Waals surface area contributed by atoms with Gasteiger partial charge in [-0.1, -0.05) is 5.16 Å². The first kappa shape index (κ1) is 15.0. The van der Waals surface area contributed by atoms with Crippen molar-refractivity contribution in [1.29, 1.82) is 0 Å². The number of rotatable bonds is 4. The number of aryl methyl sites for hydroxylation is 1. The van der Waals surface area contributed by atoms with Gasteiger partial charge in [-0.3, -0.25) is 4.79 Å². The minimum atomic E-state index is -3.15. The van der Waals surface area contributed by atoms with Crippen LogP contribution < -0.4 is 5.32 Å². The number of sulfonamides is 1. The molecule has 1 aromatic heterocycles. The maximum Gasteiger partial charge on any atom is 0.228 e. The Kier molecular flexibility index (Phi) is 4.44. The van der Waals surface area contributed by atoms with Crippen LogP contribution in [0.4, 0.5) is 5.82 Å². The minimum Gasteiger partial charge on any atom is -0.362 e. The van der Waals surface area contributed by atoms with Crippen molar-refractivity contribution in [1.82, 2.24) is 9.46 Å². The second kappa shape index (κ2) is 5.92. The van der Waals surface area contributed by atoms with Gasteiger partial charge in [-0.2, -0.15) is 0 Å². The monoisotopic (exact) mass is 301 g/mol. The van der Waals surface area contributed by atoms with E-state index in [4.69, 9.17) is 4.52 Å². The summed E-state index contributed by atoms with van der Waals surface area (Å²) >= 11 is 0. The molecule has 8 heteroatoms. The Labute approximate surface area is 118 Å². The van der Waals surface area contributed by atoms with Crippen molar-refractivity contribution in [2.24, 2.45) is 5.92 Å². The summed E-state index contributed by atoms with van der Waals surface area (Å²) in [6.07, 6.45) is 2.52. The second-order valence-electron chi connectivity index (χ2n) is 4.91. The van der Waals surface area contributed by atoms with Crippen LogP contribution in [-0.2, 0) is 14.8 Å². The molecule has 1 aliphatic rings. The fourth-order valence-electron chi connectivity index (χ4n) is 2.20. The van der Waals surface area contributed by atoms with Crippen LogP contribution in [0.3, 0.4) is 0 Å². The van der Waals surface area contributed by atoms with E-state index in [0.29, 0.717) is 31.7 Å². The number of aromatic nitrogens is 1. The summed E-state index contributed by atoms with van der Waals surface area (Å²) in [7, 11) is -3.15. The number of amides is 1. The van der Waals surface area contributed by atoms with E-state index < -0.39 is 10.0 Å². The zero-order valence-corrected chi connectivity index (χ0v) is 12.4. The van der Waals surface area contributed by atoms with E-state index in [2.05, 4.69) is 10.5 Å². The van der Waals surface area contributed by atoms with Crippen LogP contribution in [0.25, 0.3) is 0 Å². The minimum absolute atomic E-state index is 0.0992. The van der Waals surface area contributed by atoms with E-state index in [0.717, 1.165) is 5.56 Å². The molecule has 0 aliphatic carbocycles. The van der Waals surface area contributed by atoms with Gasteiger partial charge in [0, 0.05) is 24.6 Å². The average Bonchev–Trinajstić information content (AvgIpc) is 2.84. The van der Waals surface area contributed by atoms with E-state index in [-0.39, 0.29) is 17.6 Å². The number of nitrogens with zero attached hydrogens (tertiary/aromatic N) is 2. The normalized spacial score (nSPS) is 18.1. The lowest BCUT2D eigenvalue weighted by atomic mass is 9.97. The smallest absolute Gasteiger partial charge is 0.228 e. The van der Waals surface area contributed by atoms with Crippen LogP contribution in [0.15, 0.2) is 10.8 Å². The summed E-state index contributed by atoms with van der Waals surface area (Å²) < 4.78 is 29.7. The molecule has 20 heavy (non-hydrogen) atoms. The van der Waals surface area contributed by atoms with Crippen molar-refractivity contribution in [3.63, 3.8) is 0 Å². The third-order valence-electron chi connectivity index (χ3n) is 3.57. The summed E-state index contributed by atoms with van der Waals surface area (Å²) in [5.74, 6) is 0.214. The van der Waals surface area contributed by atoms with Gasteiger partial charge in [0.15, 0.2) is 5.82 Å². The molecule has 112 valence electrons. The molecule has 1 amide bonds. The number of hydrogen-bond donors (Lipinski definition) is 1. The van der Waals surface area contributed by atoms with Gasteiger partial charge in [0.1, 0.15) is 6.26 Å². The zero-order chi connectivity index (χ0) is 14.8. The van der Waals surface area contributed by atoms with Gasteiger partial charge in [0.05, 0.1) is 5.75 Å². The topological polar surface area (TPSA) is 92.5 Å². The molecule has 0 saturated carbocycles. The third kappa shape index (κ3) is 3.18. The van der Waals surface area contributed by atoms with Crippen molar-refractivity contribution >= 4 is 21.7 Å². The Balaban J connectivity index is 1.91. The van der Waals surface area contributed by atoms with E-state index in [9.17, 15) is 13.2 Å². The summed E-state index contributed by atoms with van der Waals surface area (Å²) in [5.41, 5.74) is 0.768. The lowest BCUT2D eigenvalue weighted by molar-refractivity contribution is -0.120. The van der Waals surface area contributed by atoms with Crippen LogP contribution >= 0.6 is 0 Å². The van der Waals surface area contributed by atoms with Crippen LogP contribution in [0.5, 0.6) is 0 Å². The highest BCUT2D eigenvalue weighted by molar-refractivity contribution is 7.89. The summed E-state index contributed by atoms with van der Waals surface area (Å²) in [6, 6.07) is 0. The van der Waals surface area contributed by atoms with Crippen molar-refractivity contribution in [3.8, 4) is 0 Å². The molecule has 1 aliphatic heterocycles. The molecule has 7 nitrogen and oxygen atoms in total. The summed E-state index contributed by atoms with van der Waals surface area (Å²) in [5, 5.41) is 6.42. The Morgan fingerprint density at radius 2 is 2.15 bits per heavy atom. The molecule has 0 atom stereocenters. The van der Waals surface area contributed by atoms with Crippen LogP contribution in [0, 0.1) is 12.8 Å². The molecule has 2 rings (SSSR count). The van der Waals surface area contributed by atoms with Crippen LogP contribution in [0.1, 0.15) is 25.3 Å². The van der Waals surface area contributed by atoms with Gasteiger partial charge in [0.25, 0.3) is 0 Å². The molecule has 1 saturated heterocycles.